The van der Waals surface area contributed by atoms with Crippen molar-refractivity contribution in [2.24, 2.45) is 11.7 Å². The Morgan fingerprint density at radius 1 is 0.900 bits per heavy atom. The Morgan fingerprint density at radius 3 is 1.83 bits per heavy atom. The molecule has 0 aromatic heterocycles. The summed E-state index contributed by atoms with van der Waals surface area (Å²) in [6.07, 6.45) is 0. The quantitative estimate of drug-likeness (QED) is 0.219. The number of rotatable bonds is 10. The predicted octanol–water partition coefficient (Wildman–Crippen LogP) is 3.99. The molecule has 0 radical (unpaired) electrons. The van der Waals surface area contributed by atoms with Crippen molar-refractivity contribution < 1.29 is 23.8 Å². The Balaban J connectivity index is 1.93. The topological polar surface area (TPSA) is 87.9 Å². The fourth-order valence-electron chi connectivity index (χ4n) is 2.54. The van der Waals surface area contributed by atoms with Gasteiger partial charge in [-0.25, -0.2) is 4.79 Å². The second kappa shape index (κ2) is 10.9. The highest BCUT2D eigenvalue weighted by molar-refractivity contribution is 14.1. The molecule has 2 atom stereocenters. The van der Waals surface area contributed by atoms with Gasteiger partial charge in [0.1, 0.15) is 19.1 Å². The fourth-order valence-corrected chi connectivity index (χ4v) is 2.97. The van der Waals surface area contributed by atoms with Crippen LogP contribution in [0.3, 0.4) is 0 Å². The minimum atomic E-state index is -1.24. The molecule has 0 spiro atoms. The molecule has 0 amide bonds. The maximum absolute atomic E-state index is 12.7. The van der Waals surface area contributed by atoms with Crippen molar-refractivity contribution in [3.8, 4) is 0 Å². The maximum atomic E-state index is 12.7. The third-order valence-corrected chi connectivity index (χ3v) is 5.26. The van der Waals surface area contributed by atoms with Crippen LogP contribution in [0.4, 0.5) is 0 Å². The van der Waals surface area contributed by atoms with Gasteiger partial charge in [-0.1, -0.05) is 83.3 Å². The maximum Gasteiger partial charge on any atom is 0.338 e. The van der Waals surface area contributed by atoms with E-state index >= 15 is 0 Å². The summed E-state index contributed by atoms with van der Waals surface area (Å²) in [5, 5.41) is 0. The lowest BCUT2D eigenvalue weighted by atomic mass is 10.0. The summed E-state index contributed by atoms with van der Waals surface area (Å²) in [5.41, 5.74) is 6.70. The van der Waals surface area contributed by atoms with E-state index in [0.29, 0.717) is 0 Å². The molecule has 0 saturated carbocycles. The summed E-state index contributed by atoms with van der Waals surface area (Å²) < 4.78 is 15.7. The van der Waals surface area contributed by atoms with Crippen LogP contribution in [0.25, 0.3) is 0 Å². The summed E-state index contributed by atoms with van der Waals surface area (Å²) in [4.78, 5) is 25.1. The Bertz CT molecular complexity index is 818. The molecule has 0 aliphatic carbocycles. The van der Waals surface area contributed by atoms with Gasteiger partial charge in [-0.15, -0.1) is 0 Å². The van der Waals surface area contributed by atoms with Gasteiger partial charge in [-0.3, -0.25) is 4.79 Å². The first-order valence-electron chi connectivity index (χ1n) is 9.63. The molecule has 2 N–H and O–H groups in total. The predicted molar refractivity (Wildman–Crippen MR) is 123 cm³/mol. The largest absolute Gasteiger partial charge is 0.460 e. The summed E-state index contributed by atoms with van der Waals surface area (Å²) in [7, 11) is 0. The zero-order valence-corrected chi connectivity index (χ0v) is 19.6. The highest BCUT2D eigenvalue weighted by atomic mass is 127. The average molecular weight is 525 g/mol. The van der Waals surface area contributed by atoms with Gasteiger partial charge in [0.25, 0.3) is 0 Å². The molecule has 0 heterocycles. The van der Waals surface area contributed by atoms with Gasteiger partial charge in [0.05, 0.1) is 10.2 Å². The number of benzene rings is 2. The van der Waals surface area contributed by atoms with Crippen LogP contribution in [-0.2, 0) is 37.0 Å². The Labute approximate surface area is 191 Å². The first kappa shape index (κ1) is 24.3. The standard InChI is InChI=1S/C23H28INO5/c1-22(2,21(27)29-15-18-12-8-5-9-13-18)30-16-19(23(3,24)25)20(26)28-14-17-10-6-4-7-11-17/h4-13,19H,14-16,25H2,1-3H3. The summed E-state index contributed by atoms with van der Waals surface area (Å²) in [6.45, 7) is 5.14. The van der Waals surface area contributed by atoms with E-state index < -0.39 is 27.0 Å². The molecular weight excluding hydrogens is 497 g/mol. The zero-order chi connectivity index (χ0) is 22.2. The van der Waals surface area contributed by atoms with Gasteiger partial charge < -0.3 is 19.9 Å². The molecule has 2 aromatic rings. The van der Waals surface area contributed by atoms with E-state index in [-0.39, 0.29) is 19.8 Å². The molecule has 7 heteroatoms. The second-order valence-corrected chi connectivity index (χ2v) is 10.0. The molecular formula is C23H28INO5. The zero-order valence-electron chi connectivity index (χ0n) is 17.5. The van der Waals surface area contributed by atoms with Crippen molar-refractivity contribution in [2.75, 3.05) is 6.61 Å². The number of esters is 2. The molecule has 2 rings (SSSR count). The lowest BCUT2D eigenvalue weighted by Gasteiger charge is -2.30. The molecule has 0 aliphatic rings. The smallest absolute Gasteiger partial charge is 0.338 e. The second-order valence-electron chi connectivity index (χ2n) is 7.68. The molecule has 2 aromatic carbocycles. The van der Waals surface area contributed by atoms with Gasteiger partial charge in [0, 0.05) is 0 Å². The van der Waals surface area contributed by atoms with Crippen molar-refractivity contribution in [1.82, 2.24) is 0 Å². The van der Waals surface area contributed by atoms with E-state index in [1.165, 1.54) is 0 Å². The summed E-state index contributed by atoms with van der Waals surface area (Å²) in [5.74, 6) is -1.76. The van der Waals surface area contributed by atoms with Crippen LogP contribution < -0.4 is 5.73 Å². The minimum Gasteiger partial charge on any atom is -0.460 e. The highest BCUT2D eigenvalue weighted by Crippen LogP contribution is 2.26. The molecule has 0 saturated heterocycles. The van der Waals surface area contributed by atoms with E-state index in [0.717, 1.165) is 11.1 Å². The number of halogens is 1. The average Bonchev–Trinajstić information content (AvgIpc) is 2.71. The van der Waals surface area contributed by atoms with E-state index in [4.69, 9.17) is 19.9 Å². The number of alkyl halides is 1. The van der Waals surface area contributed by atoms with Gasteiger partial charge in [0.15, 0.2) is 5.60 Å². The lowest BCUT2D eigenvalue weighted by molar-refractivity contribution is -0.175. The van der Waals surface area contributed by atoms with Crippen molar-refractivity contribution in [3.05, 3.63) is 71.8 Å². The van der Waals surface area contributed by atoms with E-state index in [2.05, 4.69) is 0 Å². The van der Waals surface area contributed by atoms with Crippen molar-refractivity contribution >= 4 is 34.5 Å². The molecule has 0 bridgehead atoms. The molecule has 30 heavy (non-hydrogen) atoms. The van der Waals surface area contributed by atoms with Crippen molar-refractivity contribution in [1.29, 1.82) is 0 Å². The van der Waals surface area contributed by atoms with E-state index in [1.54, 1.807) is 20.8 Å². The van der Waals surface area contributed by atoms with Gasteiger partial charge in [-0.05, 0) is 31.9 Å². The highest BCUT2D eigenvalue weighted by Gasteiger charge is 2.39. The monoisotopic (exact) mass is 525 g/mol. The number of hydrogen-bond acceptors (Lipinski definition) is 6. The van der Waals surface area contributed by atoms with Crippen LogP contribution in [0.5, 0.6) is 0 Å². The van der Waals surface area contributed by atoms with Crippen LogP contribution in [0.15, 0.2) is 60.7 Å². The van der Waals surface area contributed by atoms with Crippen molar-refractivity contribution in [2.45, 2.75) is 43.1 Å². The third-order valence-electron chi connectivity index (χ3n) is 4.50. The Kier molecular flexibility index (Phi) is 8.81. The summed E-state index contributed by atoms with van der Waals surface area (Å²) in [6, 6.07) is 18.8. The third kappa shape index (κ3) is 7.70. The van der Waals surface area contributed by atoms with Gasteiger partial charge in [-0.2, -0.15) is 0 Å². The van der Waals surface area contributed by atoms with Crippen LogP contribution in [0.1, 0.15) is 31.9 Å². The van der Waals surface area contributed by atoms with Crippen LogP contribution in [0.2, 0.25) is 0 Å². The number of carbonyl (C=O) groups excluding carboxylic acids is 2. The fraction of sp³-hybridized carbons (Fsp3) is 0.391. The number of hydrogen-bond donors (Lipinski definition) is 1. The number of carbonyl (C=O) groups is 2. The number of ether oxygens (including phenoxy) is 3. The first-order valence-corrected chi connectivity index (χ1v) is 10.7. The van der Waals surface area contributed by atoms with Gasteiger partial charge in [0.2, 0.25) is 0 Å². The molecule has 162 valence electrons. The van der Waals surface area contributed by atoms with Crippen molar-refractivity contribution in [3.63, 3.8) is 0 Å². The molecule has 0 aliphatic heterocycles. The SMILES string of the molecule is CC(C)(OCC(C(=O)OCc1ccccc1)C(C)(N)I)C(=O)OCc1ccccc1. The number of nitrogens with two attached hydrogens (primary N) is 1. The Hall–Kier alpha value is -1.97. The van der Waals surface area contributed by atoms with E-state index in [1.807, 2.05) is 83.3 Å². The minimum absolute atomic E-state index is 0.0724. The van der Waals surface area contributed by atoms with Crippen LogP contribution in [0, 0.1) is 5.92 Å². The molecule has 6 nitrogen and oxygen atoms in total. The Morgan fingerprint density at radius 2 is 1.37 bits per heavy atom. The first-order chi connectivity index (χ1) is 14.1. The van der Waals surface area contributed by atoms with E-state index in [9.17, 15) is 9.59 Å². The molecule has 2 unspecified atom stereocenters. The van der Waals surface area contributed by atoms with Crippen LogP contribution >= 0.6 is 22.6 Å². The lowest BCUT2D eigenvalue weighted by Crippen LogP contribution is -2.48. The molecule has 0 fully saturated rings. The summed E-state index contributed by atoms with van der Waals surface area (Å²) >= 11 is 1.98. The normalized spacial score (nSPS) is 14.4. The van der Waals surface area contributed by atoms with Gasteiger partial charge >= 0.3 is 11.9 Å². The van der Waals surface area contributed by atoms with Crippen LogP contribution in [-0.4, -0.2) is 27.7 Å².